The van der Waals surface area contributed by atoms with Gasteiger partial charge in [0.25, 0.3) is 5.91 Å². The Morgan fingerprint density at radius 1 is 1.20 bits per heavy atom. The molecule has 1 atom stereocenters. The fourth-order valence-electron chi connectivity index (χ4n) is 2.73. The molecule has 1 aliphatic rings. The van der Waals surface area contributed by atoms with E-state index in [-0.39, 0.29) is 24.2 Å². The van der Waals surface area contributed by atoms with Gasteiger partial charge in [-0.2, -0.15) is 15.4 Å². The van der Waals surface area contributed by atoms with Crippen LogP contribution in [0.5, 0.6) is 0 Å². The molecule has 1 aromatic heterocycles. The SMILES string of the molecule is CC(=O)N1CCN(C(=O)[C@H](C)OC(=O)CCCCc2cn[nH]n2)CC1. The second-order valence-electron chi connectivity index (χ2n) is 6.13. The van der Waals surface area contributed by atoms with E-state index in [1.165, 1.54) is 6.92 Å². The lowest BCUT2D eigenvalue weighted by Gasteiger charge is -2.35. The number of carbonyl (C=O) groups excluding carboxylic acids is 3. The summed E-state index contributed by atoms with van der Waals surface area (Å²) >= 11 is 0. The first-order valence-electron chi connectivity index (χ1n) is 8.56. The third-order valence-electron chi connectivity index (χ3n) is 4.22. The van der Waals surface area contributed by atoms with Gasteiger partial charge in [0, 0.05) is 39.5 Å². The van der Waals surface area contributed by atoms with Crippen LogP contribution in [0.4, 0.5) is 0 Å². The minimum atomic E-state index is -0.799. The summed E-state index contributed by atoms with van der Waals surface area (Å²) in [5.41, 5.74) is 0.863. The number of piperazine rings is 1. The van der Waals surface area contributed by atoms with Gasteiger partial charge in [-0.15, -0.1) is 0 Å². The number of carbonyl (C=O) groups is 3. The number of aromatic nitrogens is 3. The van der Waals surface area contributed by atoms with E-state index in [0.29, 0.717) is 32.6 Å². The van der Waals surface area contributed by atoms with Gasteiger partial charge in [-0.05, 0) is 26.2 Å². The third kappa shape index (κ3) is 5.84. The molecule has 2 heterocycles. The molecule has 1 aliphatic heterocycles. The van der Waals surface area contributed by atoms with Crippen molar-refractivity contribution in [2.75, 3.05) is 26.2 Å². The number of aryl methyl sites for hydroxylation is 1. The minimum absolute atomic E-state index is 0.0113. The first kappa shape index (κ1) is 18.9. The number of ether oxygens (including phenoxy) is 1. The number of hydrogen-bond acceptors (Lipinski definition) is 6. The normalized spacial score (nSPS) is 15.8. The fourth-order valence-corrected chi connectivity index (χ4v) is 2.73. The maximum Gasteiger partial charge on any atom is 0.306 e. The molecule has 138 valence electrons. The summed E-state index contributed by atoms with van der Waals surface area (Å²) in [5, 5.41) is 10.2. The quantitative estimate of drug-likeness (QED) is 0.553. The largest absolute Gasteiger partial charge is 0.453 e. The monoisotopic (exact) mass is 351 g/mol. The van der Waals surface area contributed by atoms with Crippen molar-refractivity contribution >= 4 is 17.8 Å². The summed E-state index contributed by atoms with van der Waals surface area (Å²) in [6.07, 6.45) is 3.35. The van der Waals surface area contributed by atoms with E-state index < -0.39 is 6.10 Å². The van der Waals surface area contributed by atoms with Crippen molar-refractivity contribution in [3.05, 3.63) is 11.9 Å². The molecule has 1 N–H and O–H groups in total. The molecule has 2 rings (SSSR count). The van der Waals surface area contributed by atoms with E-state index in [9.17, 15) is 14.4 Å². The topological polar surface area (TPSA) is 108 Å². The molecule has 0 aromatic carbocycles. The first-order chi connectivity index (χ1) is 12.0. The highest BCUT2D eigenvalue weighted by Crippen LogP contribution is 2.09. The van der Waals surface area contributed by atoms with Crippen LogP contribution in [-0.4, -0.2) is 75.3 Å². The average Bonchev–Trinajstić information content (AvgIpc) is 3.11. The average molecular weight is 351 g/mol. The highest BCUT2D eigenvalue weighted by atomic mass is 16.5. The molecule has 0 saturated carbocycles. The summed E-state index contributed by atoms with van der Waals surface area (Å²) < 4.78 is 5.23. The smallest absolute Gasteiger partial charge is 0.306 e. The third-order valence-corrected chi connectivity index (χ3v) is 4.22. The Morgan fingerprint density at radius 3 is 2.48 bits per heavy atom. The Bertz CT molecular complexity index is 581. The van der Waals surface area contributed by atoms with Crippen LogP contribution >= 0.6 is 0 Å². The van der Waals surface area contributed by atoms with Crippen molar-refractivity contribution in [2.45, 2.75) is 45.6 Å². The molecule has 9 heteroatoms. The van der Waals surface area contributed by atoms with Gasteiger partial charge in [0.1, 0.15) is 0 Å². The lowest BCUT2D eigenvalue weighted by Crippen LogP contribution is -2.52. The number of nitrogens with zero attached hydrogens (tertiary/aromatic N) is 4. The van der Waals surface area contributed by atoms with Crippen molar-refractivity contribution in [3.63, 3.8) is 0 Å². The van der Waals surface area contributed by atoms with Gasteiger partial charge < -0.3 is 14.5 Å². The second-order valence-corrected chi connectivity index (χ2v) is 6.13. The number of nitrogens with one attached hydrogen (secondary N) is 1. The number of rotatable bonds is 7. The maximum absolute atomic E-state index is 12.3. The number of unbranched alkanes of at least 4 members (excludes halogenated alkanes) is 1. The summed E-state index contributed by atoms with van der Waals surface area (Å²) in [5.74, 6) is -0.570. The molecule has 25 heavy (non-hydrogen) atoms. The lowest BCUT2D eigenvalue weighted by molar-refractivity contribution is -0.160. The molecule has 0 radical (unpaired) electrons. The van der Waals surface area contributed by atoms with Crippen molar-refractivity contribution in [1.82, 2.24) is 25.2 Å². The lowest BCUT2D eigenvalue weighted by atomic mass is 10.1. The van der Waals surface area contributed by atoms with Crippen LogP contribution in [0.3, 0.4) is 0 Å². The predicted molar refractivity (Wildman–Crippen MR) is 88.3 cm³/mol. The van der Waals surface area contributed by atoms with Crippen LogP contribution in [0.1, 0.15) is 38.8 Å². The number of amides is 2. The molecule has 0 unspecified atom stereocenters. The Hall–Kier alpha value is -2.45. The van der Waals surface area contributed by atoms with Gasteiger partial charge in [-0.25, -0.2) is 0 Å². The molecule has 1 saturated heterocycles. The minimum Gasteiger partial charge on any atom is -0.453 e. The Morgan fingerprint density at radius 2 is 1.88 bits per heavy atom. The number of aromatic amines is 1. The molecular weight excluding hydrogens is 326 g/mol. The molecule has 0 spiro atoms. The van der Waals surface area contributed by atoms with E-state index in [4.69, 9.17) is 4.74 Å². The van der Waals surface area contributed by atoms with Gasteiger partial charge in [0.15, 0.2) is 6.10 Å². The van der Waals surface area contributed by atoms with E-state index in [0.717, 1.165) is 18.5 Å². The van der Waals surface area contributed by atoms with E-state index in [1.54, 1.807) is 22.9 Å². The summed E-state index contributed by atoms with van der Waals surface area (Å²) in [6.45, 7) is 5.08. The standard InChI is InChI=1S/C16H25N5O4/c1-12(16(24)21-9-7-20(8-10-21)13(2)22)25-15(23)6-4-3-5-14-11-17-19-18-14/h11-12H,3-10H2,1-2H3,(H,17,18,19)/t12-/m0/s1. The van der Waals surface area contributed by atoms with Gasteiger partial charge in [0.2, 0.25) is 5.91 Å². The van der Waals surface area contributed by atoms with E-state index >= 15 is 0 Å². The van der Waals surface area contributed by atoms with E-state index in [2.05, 4.69) is 15.4 Å². The zero-order valence-electron chi connectivity index (χ0n) is 14.7. The van der Waals surface area contributed by atoms with Crippen molar-refractivity contribution < 1.29 is 19.1 Å². The van der Waals surface area contributed by atoms with Crippen molar-refractivity contribution in [3.8, 4) is 0 Å². The number of hydrogen-bond donors (Lipinski definition) is 1. The summed E-state index contributed by atoms with van der Waals surface area (Å²) in [4.78, 5) is 38.8. The molecule has 9 nitrogen and oxygen atoms in total. The molecule has 1 fully saturated rings. The van der Waals surface area contributed by atoms with Crippen LogP contribution in [0.25, 0.3) is 0 Å². The first-order valence-corrected chi connectivity index (χ1v) is 8.56. The second kappa shape index (κ2) is 9.14. The van der Waals surface area contributed by atoms with Gasteiger partial charge in [-0.1, -0.05) is 0 Å². The maximum atomic E-state index is 12.3. The van der Waals surface area contributed by atoms with Gasteiger partial charge >= 0.3 is 5.97 Å². The molecule has 2 amide bonds. The predicted octanol–water partition coefficient (Wildman–Crippen LogP) is 0.140. The number of esters is 1. The highest BCUT2D eigenvalue weighted by molar-refractivity contribution is 5.83. The van der Waals surface area contributed by atoms with Crippen molar-refractivity contribution in [1.29, 1.82) is 0 Å². The Balaban J connectivity index is 1.64. The molecule has 0 bridgehead atoms. The molecule has 0 aliphatic carbocycles. The zero-order valence-corrected chi connectivity index (χ0v) is 14.7. The van der Waals surface area contributed by atoms with Crippen LogP contribution in [0.15, 0.2) is 6.20 Å². The summed E-state index contributed by atoms with van der Waals surface area (Å²) in [6, 6.07) is 0. The summed E-state index contributed by atoms with van der Waals surface area (Å²) in [7, 11) is 0. The van der Waals surface area contributed by atoms with Gasteiger partial charge in [0.05, 0.1) is 11.9 Å². The highest BCUT2D eigenvalue weighted by Gasteiger charge is 2.27. The molecular formula is C16H25N5O4. The number of H-pyrrole nitrogens is 1. The van der Waals surface area contributed by atoms with Crippen LogP contribution in [0.2, 0.25) is 0 Å². The fraction of sp³-hybridized carbons (Fsp3) is 0.688. The Labute approximate surface area is 146 Å². The van der Waals surface area contributed by atoms with Crippen LogP contribution in [-0.2, 0) is 25.5 Å². The van der Waals surface area contributed by atoms with Crippen LogP contribution in [0, 0.1) is 0 Å². The Kier molecular flexibility index (Phi) is 6.91. The zero-order chi connectivity index (χ0) is 18.2. The van der Waals surface area contributed by atoms with Gasteiger partial charge in [-0.3, -0.25) is 14.4 Å². The molecule has 1 aromatic rings. The van der Waals surface area contributed by atoms with Crippen LogP contribution < -0.4 is 0 Å². The van der Waals surface area contributed by atoms with E-state index in [1.807, 2.05) is 0 Å². The van der Waals surface area contributed by atoms with Crippen molar-refractivity contribution in [2.24, 2.45) is 0 Å².